The predicted molar refractivity (Wildman–Crippen MR) is 63.0 cm³/mol. The molecule has 0 radical (unpaired) electrons. The van der Waals surface area contributed by atoms with Crippen LogP contribution in [0.5, 0.6) is 5.75 Å². The van der Waals surface area contributed by atoms with Crippen LogP contribution in [0, 0.1) is 0 Å². The lowest BCUT2D eigenvalue weighted by Crippen LogP contribution is -2.14. The van der Waals surface area contributed by atoms with Gasteiger partial charge in [0.2, 0.25) is 0 Å². The highest BCUT2D eigenvalue weighted by atomic mass is 35.5. The number of aliphatic hydroxyl groups excluding tert-OH is 1. The highest BCUT2D eigenvalue weighted by molar-refractivity contribution is 6.48. The number of halogens is 3. The molecule has 0 aromatic heterocycles. The van der Waals surface area contributed by atoms with Crippen molar-refractivity contribution in [2.45, 2.75) is 26.1 Å². The standard InChI is InChI=1S/C10H11Cl3O2/c1-2-3-8(14)15-7-5-4-6(11)9(12)10(7)13/h4-5,8,14H,2-3H2,1H3. The number of ether oxygens (including phenoxy) is 1. The molecule has 0 aliphatic carbocycles. The topological polar surface area (TPSA) is 29.5 Å². The van der Waals surface area contributed by atoms with Crippen molar-refractivity contribution in [1.82, 2.24) is 0 Å². The zero-order valence-corrected chi connectivity index (χ0v) is 10.4. The van der Waals surface area contributed by atoms with Gasteiger partial charge in [-0.05, 0) is 12.1 Å². The van der Waals surface area contributed by atoms with Gasteiger partial charge < -0.3 is 9.84 Å². The molecule has 1 aromatic carbocycles. The number of aliphatic hydroxyl groups is 1. The zero-order valence-electron chi connectivity index (χ0n) is 8.14. The van der Waals surface area contributed by atoms with Gasteiger partial charge in [-0.25, -0.2) is 0 Å². The van der Waals surface area contributed by atoms with Crippen molar-refractivity contribution in [1.29, 1.82) is 0 Å². The second-order valence-corrected chi connectivity index (χ2v) is 4.20. The molecule has 0 amide bonds. The van der Waals surface area contributed by atoms with Crippen LogP contribution in [0.1, 0.15) is 19.8 Å². The summed E-state index contributed by atoms with van der Waals surface area (Å²) in [7, 11) is 0. The molecule has 1 aromatic rings. The average molecular weight is 270 g/mol. The minimum absolute atomic E-state index is 0.222. The summed E-state index contributed by atoms with van der Waals surface area (Å²) in [5.74, 6) is 0.340. The molecule has 0 saturated heterocycles. The summed E-state index contributed by atoms with van der Waals surface area (Å²) in [6.45, 7) is 1.95. The van der Waals surface area contributed by atoms with Gasteiger partial charge in [-0.1, -0.05) is 48.1 Å². The van der Waals surface area contributed by atoms with Gasteiger partial charge in [-0.15, -0.1) is 0 Å². The maximum atomic E-state index is 9.43. The lowest BCUT2D eigenvalue weighted by Gasteiger charge is -2.14. The van der Waals surface area contributed by atoms with Crippen molar-refractivity contribution in [3.63, 3.8) is 0 Å². The zero-order chi connectivity index (χ0) is 11.4. The van der Waals surface area contributed by atoms with Crippen molar-refractivity contribution in [3.8, 4) is 5.75 Å². The van der Waals surface area contributed by atoms with E-state index < -0.39 is 6.29 Å². The van der Waals surface area contributed by atoms with Crippen LogP contribution >= 0.6 is 34.8 Å². The fourth-order valence-electron chi connectivity index (χ4n) is 1.05. The van der Waals surface area contributed by atoms with Crippen LogP contribution in [-0.2, 0) is 0 Å². The molecule has 84 valence electrons. The SMILES string of the molecule is CCCC(O)Oc1ccc(Cl)c(Cl)c1Cl. The Balaban J connectivity index is 2.82. The van der Waals surface area contributed by atoms with Crippen LogP contribution in [0.4, 0.5) is 0 Å². The Hall–Kier alpha value is -0.150. The molecule has 0 aliphatic rings. The molecule has 5 heteroatoms. The van der Waals surface area contributed by atoms with E-state index in [1.165, 1.54) is 0 Å². The van der Waals surface area contributed by atoms with E-state index in [9.17, 15) is 5.11 Å². The molecule has 0 heterocycles. The van der Waals surface area contributed by atoms with Crippen molar-refractivity contribution in [2.75, 3.05) is 0 Å². The van der Waals surface area contributed by atoms with E-state index >= 15 is 0 Å². The van der Waals surface area contributed by atoms with Crippen LogP contribution in [0.2, 0.25) is 15.1 Å². The summed E-state index contributed by atoms with van der Waals surface area (Å²) in [5, 5.41) is 10.2. The first-order valence-electron chi connectivity index (χ1n) is 4.54. The van der Waals surface area contributed by atoms with Crippen LogP contribution in [0.25, 0.3) is 0 Å². The number of benzene rings is 1. The molecule has 2 nitrogen and oxygen atoms in total. The van der Waals surface area contributed by atoms with E-state index in [-0.39, 0.29) is 10.0 Å². The molecule has 0 aliphatic heterocycles. The van der Waals surface area contributed by atoms with Gasteiger partial charge in [-0.3, -0.25) is 0 Å². The van der Waals surface area contributed by atoms with Gasteiger partial charge in [-0.2, -0.15) is 0 Å². The normalized spacial score (nSPS) is 12.6. The monoisotopic (exact) mass is 268 g/mol. The van der Waals surface area contributed by atoms with Crippen molar-refractivity contribution < 1.29 is 9.84 Å². The quantitative estimate of drug-likeness (QED) is 0.657. The van der Waals surface area contributed by atoms with Gasteiger partial charge in [0, 0.05) is 6.42 Å². The Bertz CT molecular complexity index is 342. The number of hydrogen-bond acceptors (Lipinski definition) is 2. The van der Waals surface area contributed by atoms with E-state index in [1.807, 2.05) is 6.92 Å². The summed E-state index contributed by atoms with van der Waals surface area (Å²) in [4.78, 5) is 0. The molecular weight excluding hydrogens is 258 g/mol. The fourth-order valence-corrected chi connectivity index (χ4v) is 1.62. The Morgan fingerprint density at radius 1 is 1.27 bits per heavy atom. The van der Waals surface area contributed by atoms with Crippen molar-refractivity contribution in [3.05, 3.63) is 27.2 Å². The van der Waals surface area contributed by atoms with E-state index in [2.05, 4.69) is 0 Å². The molecule has 1 N–H and O–H groups in total. The average Bonchev–Trinajstić information content (AvgIpc) is 2.20. The van der Waals surface area contributed by atoms with Gasteiger partial charge >= 0.3 is 0 Å². The Labute approximate surface area is 104 Å². The molecule has 0 bridgehead atoms. The first kappa shape index (κ1) is 12.9. The maximum absolute atomic E-state index is 9.43. The molecule has 1 rings (SSSR count). The third-order valence-electron chi connectivity index (χ3n) is 1.80. The summed E-state index contributed by atoms with van der Waals surface area (Å²) < 4.78 is 5.20. The molecule has 15 heavy (non-hydrogen) atoms. The largest absolute Gasteiger partial charge is 0.464 e. The van der Waals surface area contributed by atoms with Crippen LogP contribution < -0.4 is 4.74 Å². The smallest absolute Gasteiger partial charge is 0.197 e. The molecule has 0 saturated carbocycles. The highest BCUT2D eigenvalue weighted by Gasteiger charge is 2.12. The maximum Gasteiger partial charge on any atom is 0.197 e. The lowest BCUT2D eigenvalue weighted by molar-refractivity contribution is -0.0232. The summed E-state index contributed by atoms with van der Waals surface area (Å²) >= 11 is 17.5. The summed E-state index contributed by atoms with van der Waals surface area (Å²) in [6, 6.07) is 3.15. The molecule has 0 spiro atoms. The van der Waals surface area contributed by atoms with Crippen LogP contribution in [0.3, 0.4) is 0 Å². The minimum Gasteiger partial charge on any atom is -0.464 e. The van der Waals surface area contributed by atoms with Gasteiger partial charge in [0.05, 0.1) is 10.0 Å². The van der Waals surface area contributed by atoms with Gasteiger partial charge in [0.25, 0.3) is 0 Å². The van der Waals surface area contributed by atoms with E-state index in [0.29, 0.717) is 17.2 Å². The minimum atomic E-state index is -0.871. The van der Waals surface area contributed by atoms with E-state index in [0.717, 1.165) is 6.42 Å². The number of rotatable bonds is 4. The Kier molecular flexibility index (Phi) is 5.00. The molecule has 1 unspecified atom stereocenters. The van der Waals surface area contributed by atoms with Crippen LogP contribution in [-0.4, -0.2) is 11.4 Å². The van der Waals surface area contributed by atoms with Gasteiger partial charge in [0.1, 0.15) is 10.8 Å². The molecule has 1 atom stereocenters. The van der Waals surface area contributed by atoms with E-state index in [1.54, 1.807) is 12.1 Å². The Morgan fingerprint density at radius 2 is 1.93 bits per heavy atom. The lowest BCUT2D eigenvalue weighted by atomic mass is 10.3. The third-order valence-corrected chi connectivity index (χ3v) is 3.07. The second kappa shape index (κ2) is 5.80. The fraction of sp³-hybridized carbons (Fsp3) is 0.400. The van der Waals surface area contributed by atoms with E-state index in [4.69, 9.17) is 39.5 Å². The molecular formula is C10H11Cl3O2. The van der Waals surface area contributed by atoms with Crippen LogP contribution in [0.15, 0.2) is 12.1 Å². The van der Waals surface area contributed by atoms with Crippen molar-refractivity contribution >= 4 is 34.8 Å². The molecule has 0 fully saturated rings. The van der Waals surface area contributed by atoms with Gasteiger partial charge in [0.15, 0.2) is 6.29 Å². The summed E-state index contributed by atoms with van der Waals surface area (Å²) in [6.07, 6.45) is 0.487. The number of hydrogen-bond donors (Lipinski definition) is 1. The third kappa shape index (κ3) is 3.42. The van der Waals surface area contributed by atoms with Crippen molar-refractivity contribution in [2.24, 2.45) is 0 Å². The summed E-state index contributed by atoms with van der Waals surface area (Å²) in [5.41, 5.74) is 0. The Morgan fingerprint density at radius 3 is 2.53 bits per heavy atom. The second-order valence-electron chi connectivity index (χ2n) is 3.03. The predicted octanol–water partition coefficient (Wildman–Crippen LogP) is 4.14. The highest BCUT2D eigenvalue weighted by Crippen LogP contribution is 2.37. The first-order chi connectivity index (χ1) is 7.06. The first-order valence-corrected chi connectivity index (χ1v) is 5.67.